The van der Waals surface area contributed by atoms with Gasteiger partial charge in [0, 0.05) is 24.0 Å². The van der Waals surface area contributed by atoms with Gasteiger partial charge in [0.1, 0.15) is 12.7 Å². The summed E-state index contributed by atoms with van der Waals surface area (Å²) < 4.78 is 47.4. The van der Waals surface area contributed by atoms with Crippen LogP contribution in [0, 0.1) is 6.92 Å². The van der Waals surface area contributed by atoms with Crippen LogP contribution in [0.5, 0.6) is 0 Å². The Morgan fingerprint density at radius 1 is 1.50 bits per heavy atom. The van der Waals surface area contributed by atoms with E-state index in [1.54, 1.807) is 9.95 Å². The maximum absolute atomic E-state index is 12.1. The van der Waals surface area contributed by atoms with Gasteiger partial charge in [-0.3, -0.25) is 4.79 Å². The number of aromatic nitrogens is 3. The second kappa shape index (κ2) is 6.61. The second-order valence-corrected chi connectivity index (χ2v) is 5.48. The van der Waals surface area contributed by atoms with Gasteiger partial charge in [-0.05, 0) is 13.8 Å². The maximum atomic E-state index is 12.1. The van der Waals surface area contributed by atoms with Crippen molar-refractivity contribution in [2.24, 2.45) is 0 Å². The molecule has 1 atom stereocenters. The zero-order valence-electron chi connectivity index (χ0n) is 11.9. The Kier molecular flexibility index (Phi) is 5.01. The van der Waals surface area contributed by atoms with E-state index in [0.717, 1.165) is 17.0 Å². The van der Waals surface area contributed by atoms with Crippen LogP contribution >= 0.6 is 11.3 Å². The van der Waals surface area contributed by atoms with E-state index in [1.807, 2.05) is 6.92 Å². The molecule has 0 aliphatic heterocycles. The van der Waals surface area contributed by atoms with Gasteiger partial charge in [0.05, 0.1) is 0 Å². The lowest BCUT2D eigenvalue weighted by molar-refractivity contribution is -0.185. The molecule has 2 rings (SSSR count). The van der Waals surface area contributed by atoms with Gasteiger partial charge >= 0.3 is 11.0 Å². The van der Waals surface area contributed by atoms with Crippen molar-refractivity contribution in [2.45, 2.75) is 39.1 Å². The molecule has 0 saturated heterocycles. The van der Waals surface area contributed by atoms with Gasteiger partial charge in [-0.2, -0.15) is 18.2 Å². The van der Waals surface area contributed by atoms with Crippen LogP contribution in [-0.2, 0) is 17.7 Å². The molecule has 0 aliphatic carbocycles. The summed E-state index contributed by atoms with van der Waals surface area (Å²) in [5, 5.41) is 5.34. The van der Waals surface area contributed by atoms with Gasteiger partial charge in [-0.25, -0.2) is 0 Å². The molecule has 1 unspecified atom stereocenters. The van der Waals surface area contributed by atoms with Gasteiger partial charge in [-0.15, -0.1) is 0 Å². The monoisotopic (exact) mass is 337 g/mol. The Labute approximate surface area is 127 Å². The number of alkyl halides is 3. The molecule has 0 saturated carbocycles. The first-order chi connectivity index (χ1) is 10.3. The first-order valence-electron chi connectivity index (χ1n) is 6.42. The van der Waals surface area contributed by atoms with Crippen LogP contribution in [0.2, 0.25) is 0 Å². The van der Waals surface area contributed by atoms with Crippen LogP contribution in [-0.4, -0.2) is 27.5 Å². The predicted octanol–water partition coefficient (Wildman–Crippen LogP) is 2.48. The molecule has 2 heterocycles. The molecule has 6 nitrogen and oxygen atoms in total. The summed E-state index contributed by atoms with van der Waals surface area (Å²) in [7, 11) is 0. The van der Waals surface area contributed by atoms with E-state index in [0.29, 0.717) is 13.0 Å². The van der Waals surface area contributed by atoms with E-state index >= 15 is 0 Å². The van der Waals surface area contributed by atoms with Crippen molar-refractivity contribution in [3.63, 3.8) is 0 Å². The molecule has 0 aliphatic rings. The molecule has 0 fully saturated rings. The molecule has 2 aromatic heterocycles. The number of thiazole rings is 1. The van der Waals surface area contributed by atoms with E-state index < -0.39 is 18.9 Å². The Hall–Kier alpha value is -1.68. The Morgan fingerprint density at radius 2 is 2.23 bits per heavy atom. The van der Waals surface area contributed by atoms with E-state index in [1.165, 1.54) is 6.92 Å². The molecule has 0 N–H and O–H groups in total. The predicted molar refractivity (Wildman–Crippen MR) is 71.7 cm³/mol. The van der Waals surface area contributed by atoms with Crippen LogP contribution in [0.3, 0.4) is 0 Å². The minimum Gasteiger partial charge on any atom is -0.361 e. The highest BCUT2D eigenvalue weighted by molar-refractivity contribution is 7.07. The molecule has 0 radical (unpaired) electrons. The third-order valence-corrected chi connectivity index (χ3v) is 3.75. The average Bonchev–Trinajstić information content (AvgIpc) is 3.01. The van der Waals surface area contributed by atoms with E-state index in [2.05, 4.69) is 14.9 Å². The lowest BCUT2D eigenvalue weighted by Gasteiger charge is -2.10. The summed E-state index contributed by atoms with van der Waals surface area (Å²) in [6.07, 6.45) is -5.01. The standard InChI is InChI=1S/C12H14F3N3O3S/c1-7-5-22-11(19)18(7)4-3-9-16-10(17-21-9)8(2)20-6-12(13,14)15/h5,8H,3-4,6H2,1-2H3. The Morgan fingerprint density at radius 3 is 2.82 bits per heavy atom. The molecular weight excluding hydrogens is 323 g/mol. The molecular formula is C12H14F3N3O3S. The van der Waals surface area contributed by atoms with Gasteiger partial charge < -0.3 is 13.8 Å². The number of nitrogens with zero attached hydrogens (tertiary/aromatic N) is 3. The van der Waals surface area contributed by atoms with E-state index in [9.17, 15) is 18.0 Å². The molecule has 0 amide bonds. The topological polar surface area (TPSA) is 70.2 Å². The number of ether oxygens (including phenoxy) is 1. The molecule has 2 aromatic rings. The fraction of sp³-hybridized carbons (Fsp3) is 0.583. The molecule has 0 bridgehead atoms. The third-order valence-electron chi connectivity index (χ3n) is 2.87. The number of halogens is 3. The molecule has 10 heteroatoms. The van der Waals surface area contributed by atoms with Gasteiger partial charge in [0.15, 0.2) is 5.82 Å². The van der Waals surface area contributed by atoms with Crippen LogP contribution in [0.25, 0.3) is 0 Å². The van der Waals surface area contributed by atoms with Crippen LogP contribution in [0.4, 0.5) is 13.2 Å². The SMILES string of the molecule is Cc1csc(=O)n1CCc1nc(C(C)OCC(F)(F)F)no1. The zero-order valence-corrected chi connectivity index (χ0v) is 12.7. The van der Waals surface area contributed by atoms with Gasteiger partial charge in [0.25, 0.3) is 0 Å². The van der Waals surface area contributed by atoms with Crippen molar-refractivity contribution in [3.8, 4) is 0 Å². The Balaban J connectivity index is 1.92. The molecule has 122 valence electrons. The second-order valence-electron chi connectivity index (χ2n) is 4.66. The summed E-state index contributed by atoms with van der Waals surface area (Å²) in [4.78, 5) is 15.4. The van der Waals surface area contributed by atoms with E-state index in [4.69, 9.17) is 4.52 Å². The summed E-state index contributed by atoms with van der Waals surface area (Å²) in [6.45, 7) is 2.22. The lowest BCUT2D eigenvalue weighted by Crippen LogP contribution is -2.19. The minimum atomic E-state index is -4.40. The fourth-order valence-electron chi connectivity index (χ4n) is 1.71. The maximum Gasteiger partial charge on any atom is 0.411 e. The van der Waals surface area contributed by atoms with Crippen LogP contribution < -0.4 is 4.87 Å². The van der Waals surface area contributed by atoms with Crippen molar-refractivity contribution in [1.29, 1.82) is 0 Å². The zero-order chi connectivity index (χ0) is 16.3. The van der Waals surface area contributed by atoms with Crippen LogP contribution in [0.1, 0.15) is 30.4 Å². The molecule has 0 aromatic carbocycles. The summed E-state index contributed by atoms with van der Waals surface area (Å²) in [6, 6.07) is 0. The number of hydrogen-bond acceptors (Lipinski definition) is 6. The van der Waals surface area contributed by atoms with Crippen LogP contribution in [0.15, 0.2) is 14.7 Å². The molecule has 0 spiro atoms. The first kappa shape index (κ1) is 16.7. The average molecular weight is 337 g/mol. The van der Waals surface area contributed by atoms with Crippen molar-refractivity contribution in [1.82, 2.24) is 14.7 Å². The smallest absolute Gasteiger partial charge is 0.361 e. The summed E-state index contributed by atoms with van der Waals surface area (Å²) >= 11 is 1.10. The Bertz CT molecular complexity index is 677. The number of aryl methyl sites for hydroxylation is 2. The highest BCUT2D eigenvalue weighted by atomic mass is 32.1. The van der Waals surface area contributed by atoms with Crippen molar-refractivity contribution < 1.29 is 22.4 Å². The third kappa shape index (κ3) is 4.41. The highest BCUT2D eigenvalue weighted by Crippen LogP contribution is 2.20. The minimum absolute atomic E-state index is 0.0497. The summed E-state index contributed by atoms with van der Waals surface area (Å²) in [5.74, 6) is 0.295. The molecule has 22 heavy (non-hydrogen) atoms. The highest BCUT2D eigenvalue weighted by Gasteiger charge is 2.29. The largest absolute Gasteiger partial charge is 0.411 e. The summed E-state index contributed by atoms with van der Waals surface area (Å²) in [5.41, 5.74) is 0.830. The quantitative estimate of drug-likeness (QED) is 0.810. The van der Waals surface area contributed by atoms with Crippen molar-refractivity contribution in [2.75, 3.05) is 6.61 Å². The number of rotatable bonds is 6. The fourth-order valence-corrected chi connectivity index (χ4v) is 2.47. The van der Waals surface area contributed by atoms with E-state index in [-0.39, 0.29) is 16.6 Å². The van der Waals surface area contributed by atoms with Gasteiger partial charge in [0.2, 0.25) is 5.89 Å². The van der Waals surface area contributed by atoms with Gasteiger partial charge in [-0.1, -0.05) is 16.5 Å². The normalized spacial score (nSPS) is 13.5. The lowest BCUT2D eigenvalue weighted by atomic mass is 10.3. The van der Waals surface area contributed by atoms with Crippen molar-refractivity contribution in [3.05, 3.63) is 32.5 Å². The number of hydrogen-bond donors (Lipinski definition) is 0. The van der Waals surface area contributed by atoms with Crippen molar-refractivity contribution >= 4 is 11.3 Å². The first-order valence-corrected chi connectivity index (χ1v) is 7.30.